The Morgan fingerprint density at radius 2 is 1.77 bits per heavy atom. The largest absolute Gasteiger partial charge is 0.494 e. The van der Waals surface area contributed by atoms with Crippen molar-refractivity contribution in [2.75, 3.05) is 6.61 Å². The fourth-order valence-corrected chi connectivity index (χ4v) is 1.77. The third kappa shape index (κ3) is 6.16. The summed E-state index contributed by atoms with van der Waals surface area (Å²) in [5.41, 5.74) is 6.37. The number of carbonyl (C=O) groups is 2. The average Bonchev–Trinajstić information content (AvgIpc) is 2.43. The number of hydrogen-bond acceptors (Lipinski definition) is 4. The van der Waals surface area contributed by atoms with E-state index in [4.69, 9.17) is 15.2 Å². The second kappa shape index (κ2) is 7.82. The van der Waals surface area contributed by atoms with E-state index < -0.39 is 18.0 Å². The van der Waals surface area contributed by atoms with E-state index >= 15 is 0 Å². The Kier molecular flexibility index (Phi) is 6.40. The maximum Gasteiger partial charge on any atom is 0.306 e. The molecule has 22 heavy (non-hydrogen) atoms. The number of amides is 1. The molecule has 0 saturated carbocycles. The van der Waals surface area contributed by atoms with Gasteiger partial charge in [0.1, 0.15) is 5.75 Å². The molecule has 0 aromatic heterocycles. The van der Waals surface area contributed by atoms with Gasteiger partial charge in [-0.3, -0.25) is 9.59 Å². The van der Waals surface area contributed by atoms with Crippen molar-refractivity contribution in [2.24, 2.45) is 5.73 Å². The normalized spacial score (nSPS) is 12.5. The van der Waals surface area contributed by atoms with E-state index in [-0.39, 0.29) is 11.8 Å². The molecule has 1 aromatic rings. The highest BCUT2D eigenvalue weighted by molar-refractivity contribution is 5.81. The summed E-state index contributed by atoms with van der Waals surface area (Å²) in [5.74, 6) is -0.326. The number of primary amides is 1. The lowest BCUT2D eigenvalue weighted by Crippen LogP contribution is -2.30. The predicted molar refractivity (Wildman–Crippen MR) is 84.6 cm³/mol. The number of carbonyl (C=O) groups excluding carboxylic acids is 2. The first-order valence-corrected chi connectivity index (χ1v) is 7.42. The SMILES string of the molecule is C[C@H](OC(=O)CCCOc1ccc(C(C)(C)C)cc1)C(N)=O. The van der Waals surface area contributed by atoms with Crippen molar-refractivity contribution < 1.29 is 19.1 Å². The van der Waals surface area contributed by atoms with Crippen LogP contribution in [0.3, 0.4) is 0 Å². The van der Waals surface area contributed by atoms with E-state index in [1.54, 1.807) is 0 Å². The molecule has 1 amide bonds. The topological polar surface area (TPSA) is 78.6 Å². The summed E-state index contributed by atoms with van der Waals surface area (Å²) < 4.78 is 10.4. The van der Waals surface area contributed by atoms with Crippen LogP contribution in [0.5, 0.6) is 5.75 Å². The number of ether oxygens (including phenoxy) is 2. The molecule has 0 heterocycles. The third-order valence-electron chi connectivity index (χ3n) is 3.22. The Hall–Kier alpha value is -2.04. The summed E-state index contributed by atoms with van der Waals surface area (Å²) in [5, 5.41) is 0. The van der Waals surface area contributed by atoms with E-state index in [2.05, 4.69) is 20.8 Å². The molecular weight excluding hydrogens is 282 g/mol. The Balaban J connectivity index is 2.30. The van der Waals surface area contributed by atoms with Gasteiger partial charge >= 0.3 is 5.97 Å². The Morgan fingerprint density at radius 3 is 2.27 bits per heavy atom. The second-order valence-electron chi connectivity index (χ2n) is 6.26. The Labute approximate surface area is 131 Å². The molecule has 122 valence electrons. The minimum Gasteiger partial charge on any atom is -0.494 e. The van der Waals surface area contributed by atoms with E-state index in [1.165, 1.54) is 12.5 Å². The first-order chi connectivity index (χ1) is 10.2. The molecule has 1 atom stereocenters. The average molecular weight is 307 g/mol. The summed E-state index contributed by atoms with van der Waals surface area (Å²) in [7, 11) is 0. The van der Waals surface area contributed by atoms with E-state index in [0.717, 1.165) is 5.75 Å². The fraction of sp³-hybridized carbons (Fsp3) is 0.529. The molecule has 0 bridgehead atoms. The van der Waals surface area contributed by atoms with Crippen molar-refractivity contribution >= 4 is 11.9 Å². The molecule has 2 N–H and O–H groups in total. The monoisotopic (exact) mass is 307 g/mol. The molecule has 0 spiro atoms. The summed E-state index contributed by atoms with van der Waals surface area (Å²) in [6, 6.07) is 7.93. The lowest BCUT2D eigenvalue weighted by atomic mass is 9.87. The summed E-state index contributed by atoms with van der Waals surface area (Å²) in [6.45, 7) is 8.33. The van der Waals surface area contributed by atoms with Gasteiger partial charge in [0, 0.05) is 6.42 Å². The van der Waals surface area contributed by atoms with Gasteiger partial charge in [0.2, 0.25) is 0 Å². The lowest BCUT2D eigenvalue weighted by molar-refractivity contribution is -0.153. The van der Waals surface area contributed by atoms with Crippen LogP contribution in [0, 0.1) is 0 Å². The summed E-state index contributed by atoms with van der Waals surface area (Å²) in [6.07, 6.45) is -0.179. The van der Waals surface area contributed by atoms with Crippen molar-refractivity contribution in [3.63, 3.8) is 0 Å². The molecule has 0 unspecified atom stereocenters. The van der Waals surface area contributed by atoms with Crippen LogP contribution in [0.1, 0.15) is 46.1 Å². The van der Waals surface area contributed by atoms with Crippen molar-refractivity contribution in [3.05, 3.63) is 29.8 Å². The Morgan fingerprint density at radius 1 is 1.18 bits per heavy atom. The quantitative estimate of drug-likeness (QED) is 0.620. The molecule has 0 aliphatic rings. The van der Waals surface area contributed by atoms with Crippen LogP contribution in [0.2, 0.25) is 0 Å². The van der Waals surface area contributed by atoms with Crippen LogP contribution < -0.4 is 10.5 Å². The lowest BCUT2D eigenvalue weighted by Gasteiger charge is -2.19. The molecule has 0 aliphatic carbocycles. The van der Waals surface area contributed by atoms with Crippen LogP contribution in [0.25, 0.3) is 0 Å². The highest BCUT2D eigenvalue weighted by atomic mass is 16.5. The zero-order chi connectivity index (χ0) is 16.8. The predicted octanol–water partition coefficient (Wildman–Crippen LogP) is 2.56. The van der Waals surface area contributed by atoms with E-state index in [1.807, 2.05) is 24.3 Å². The van der Waals surface area contributed by atoms with Gasteiger partial charge in [-0.25, -0.2) is 0 Å². The number of benzene rings is 1. The van der Waals surface area contributed by atoms with Crippen molar-refractivity contribution in [1.82, 2.24) is 0 Å². The van der Waals surface area contributed by atoms with Crippen LogP contribution in [-0.4, -0.2) is 24.6 Å². The summed E-state index contributed by atoms with van der Waals surface area (Å²) in [4.78, 5) is 22.2. The van der Waals surface area contributed by atoms with E-state index in [0.29, 0.717) is 13.0 Å². The molecule has 1 aromatic carbocycles. The highest BCUT2D eigenvalue weighted by Crippen LogP contribution is 2.24. The van der Waals surface area contributed by atoms with E-state index in [9.17, 15) is 9.59 Å². The van der Waals surface area contributed by atoms with Crippen molar-refractivity contribution in [1.29, 1.82) is 0 Å². The number of rotatable bonds is 7. The van der Waals surface area contributed by atoms with Gasteiger partial charge in [-0.15, -0.1) is 0 Å². The fourth-order valence-electron chi connectivity index (χ4n) is 1.77. The zero-order valence-electron chi connectivity index (χ0n) is 13.7. The summed E-state index contributed by atoms with van der Waals surface area (Å²) >= 11 is 0. The molecule has 5 nitrogen and oxygen atoms in total. The van der Waals surface area contributed by atoms with Crippen LogP contribution in [-0.2, 0) is 19.7 Å². The molecule has 1 rings (SSSR count). The maximum absolute atomic E-state index is 11.4. The van der Waals surface area contributed by atoms with Gasteiger partial charge in [0.05, 0.1) is 6.61 Å². The smallest absolute Gasteiger partial charge is 0.306 e. The number of hydrogen-bond donors (Lipinski definition) is 1. The maximum atomic E-state index is 11.4. The van der Waals surface area contributed by atoms with Gasteiger partial charge < -0.3 is 15.2 Å². The van der Waals surface area contributed by atoms with Crippen molar-refractivity contribution in [3.8, 4) is 5.75 Å². The first kappa shape index (κ1) is 18.0. The molecule has 5 heteroatoms. The standard InChI is InChI=1S/C17H25NO4/c1-12(16(18)20)22-15(19)6-5-11-21-14-9-7-13(8-10-14)17(2,3)4/h7-10,12H,5-6,11H2,1-4H3,(H2,18,20)/t12-/m0/s1. The van der Waals surface area contributed by atoms with Gasteiger partial charge in [-0.2, -0.15) is 0 Å². The van der Waals surface area contributed by atoms with Gasteiger partial charge in [0.15, 0.2) is 6.10 Å². The molecule has 0 aliphatic heterocycles. The molecule has 0 radical (unpaired) electrons. The zero-order valence-corrected chi connectivity index (χ0v) is 13.7. The van der Waals surface area contributed by atoms with Gasteiger partial charge in [0.25, 0.3) is 5.91 Å². The van der Waals surface area contributed by atoms with Gasteiger partial charge in [-0.05, 0) is 36.5 Å². The van der Waals surface area contributed by atoms with Crippen LogP contribution in [0.15, 0.2) is 24.3 Å². The third-order valence-corrected chi connectivity index (χ3v) is 3.22. The molecule has 0 saturated heterocycles. The van der Waals surface area contributed by atoms with Crippen molar-refractivity contribution in [2.45, 2.75) is 52.1 Å². The second-order valence-corrected chi connectivity index (χ2v) is 6.26. The molecular formula is C17H25NO4. The Bertz CT molecular complexity index is 502. The number of esters is 1. The van der Waals surface area contributed by atoms with Crippen LogP contribution in [0.4, 0.5) is 0 Å². The first-order valence-electron chi connectivity index (χ1n) is 7.42. The van der Waals surface area contributed by atoms with Gasteiger partial charge in [-0.1, -0.05) is 32.9 Å². The molecule has 0 fully saturated rings. The highest BCUT2D eigenvalue weighted by Gasteiger charge is 2.14. The minimum absolute atomic E-state index is 0.111. The minimum atomic E-state index is -0.890. The van der Waals surface area contributed by atoms with Crippen LogP contribution >= 0.6 is 0 Å². The number of nitrogens with two attached hydrogens (primary N) is 1.